The van der Waals surface area contributed by atoms with E-state index in [1.54, 1.807) is 25.1 Å². The third kappa shape index (κ3) is 4.85. The summed E-state index contributed by atoms with van der Waals surface area (Å²) in [6, 6.07) is 10.9. The van der Waals surface area contributed by atoms with Crippen LogP contribution in [0.5, 0.6) is 5.75 Å². The van der Waals surface area contributed by atoms with E-state index in [0.29, 0.717) is 27.8 Å². The Morgan fingerprint density at radius 1 is 1.12 bits per heavy atom. The van der Waals surface area contributed by atoms with Crippen LogP contribution in [0.4, 0.5) is 8.78 Å². The maximum atomic E-state index is 15.0. The van der Waals surface area contributed by atoms with Crippen molar-refractivity contribution in [2.75, 3.05) is 6.61 Å². The number of aromatic nitrogens is 1. The highest BCUT2D eigenvalue weighted by molar-refractivity contribution is 5.93. The molecule has 4 rings (SSSR count). The van der Waals surface area contributed by atoms with Crippen LogP contribution in [0.15, 0.2) is 59.3 Å². The van der Waals surface area contributed by atoms with Gasteiger partial charge in [-0.1, -0.05) is 6.07 Å². The van der Waals surface area contributed by atoms with Crippen LogP contribution >= 0.6 is 0 Å². The van der Waals surface area contributed by atoms with Gasteiger partial charge in [0.2, 0.25) is 0 Å². The van der Waals surface area contributed by atoms with Crippen LogP contribution in [-0.4, -0.2) is 17.6 Å². The molecular formula is C25H22F2N2O4. The summed E-state index contributed by atoms with van der Waals surface area (Å²) in [6.07, 6.45) is 2.97. The molecule has 170 valence electrons. The maximum Gasteiger partial charge on any atom is 0.310 e. The highest BCUT2D eigenvalue weighted by atomic mass is 19.1. The molecule has 0 aliphatic heterocycles. The molecule has 6 nitrogen and oxygen atoms in total. The normalized spacial score (nSPS) is 11.0. The number of hydrogen-bond acceptors (Lipinski definition) is 6. The van der Waals surface area contributed by atoms with Crippen LogP contribution in [0.25, 0.3) is 22.1 Å². The van der Waals surface area contributed by atoms with E-state index >= 15 is 0 Å². The summed E-state index contributed by atoms with van der Waals surface area (Å²) in [4.78, 5) is 15.9. The van der Waals surface area contributed by atoms with Crippen LogP contribution in [0.1, 0.15) is 23.7 Å². The Bertz CT molecular complexity index is 1300. The van der Waals surface area contributed by atoms with Gasteiger partial charge in [-0.05, 0) is 42.8 Å². The van der Waals surface area contributed by atoms with Crippen molar-refractivity contribution >= 4 is 16.9 Å². The minimum absolute atomic E-state index is 0.0351. The number of ether oxygens (including phenoxy) is 2. The van der Waals surface area contributed by atoms with Crippen molar-refractivity contribution in [3.8, 4) is 16.9 Å². The third-order valence-electron chi connectivity index (χ3n) is 5.12. The van der Waals surface area contributed by atoms with E-state index in [1.165, 1.54) is 30.7 Å². The van der Waals surface area contributed by atoms with Crippen molar-refractivity contribution in [1.82, 2.24) is 4.98 Å². The SMILES string of the molecule is CCOC(=O)Cc1ccc(F)cc1OCc1cc(-c2ccnc(CN)c2F)c2occc2c1. The molecule has 0 amide bonds. The lowest BCUT2D eigenvalue weighted by Gasteiger charge is -2.13. The fraction of sp³-hybridized carbons (Fsp3) is 0.200. The van der Waals surface area contributed by atoms with Crippen LogP contribution < -0.4 is 10.5 Å². The summed E-state index contributed by atoms with van der Waals surface area (Å²) in [6.45, 7) is 1.99. The van der Waals surface area contributed by atoms with Gasteiger partial charge in [0, 0.05) is 40.9 Å². The predicted octanol–water partition coefficient (Wildman–Crippen LogP) is 4.92. The first-order chi connectivity index (χ1) is 16.0. The monoisotopic (exact) mass is 452 g/mol. The van der Waals surface area contributed by atoms with E-state index in [0.717, 1.165) is 5.39 Å². The third-order valence-corrected chi connectivity index (χ3v) is 5.12. The molecule has 0 unspecified atom stereocenters. The van der Waals surface area contributed by atoms with Gasteiger partial charge in [0.05, 0.1) is 25.0 Å². The first-order valence-corrected chi connectivity index (χ1v) is 10.4. The van der Waals surface area contributed by atoms with Crippen LogP contribution in [0.3, 0.4) is 0 Å². The van der Waals surface area contributed by atoms with Gasteiger partial charge in [0.15, 0.2) is 5.82 Å². The van der Waals surface area contributed by atoms with E-state index in [1.807, 2.05) is 6.07 Å². The molecule has 0 saturated heterocycles. The average molecular weight is 452 g/mol. The Kier molecular flexibility index (Phi) is 6.65. The van der Waals surface area contributed by atoms with Gasteiger partial charge in [-0.2, -0.15) is 0 Å². The molecular weight excluding hydrogens is 430 g/mol. The largest absolute Gasteiger partial charge is 0.488 e. The molecule has 0 fully saturated rings. The molecule has 0 spiro atoms. The number of esters is 1. The van der Waals surface area contributed by atoms with Crippen molar-refractivity contribution in [2.45, 2.75) is 26.5 Å². The highest BCUT2D eigenvalue weighted by Gasteiger charge is 2.17. The number of nitrogens with zero attached hydrogens (tertiary/aromatic N) is 1. The number of rotatable bonds is 8. The fourth-order valence-corrected chi connectivity index (χ4v) is 3.60. The van der Waals surface area contributed by atoms with E-state index in [2.05, 4.69) is 4.98 Å². The molecule has 8 heteroatoms. The number of furan rings is 1. The van der Waals surface area contributed by atoms with Gasteiger partial charge >= 0.3 is 5.97 Å². The zero-order valence-electron chi connectivity index (χ0n) is 17.9. The van der Waals surface area contributed by atoms with Gasteiger partial charge in [0.1, 0.15) is 23.8 Å². The summed E-state index contributed by atoms with van der Waals surface area (Å²) < 4.78 is 45.3. The number of pyridine rings is 1. The summed E-state index contributed by atoms with van der Waals surface area (Å²) in [5.74, 6) is -1.20. The van der Waals surface area contributed by atoms with Gasteiger partial charge in [-0.3, -0.25) is 9.78 Å². The number of carbonyl (C=O) groups is 1. The highest BCUT2D eigenvalue weighted by Crippen LogP contribution is 2.34. The smallest absolute Gasteiger partial charge is 0.310 e. The second-order valence-electron chi connectivity index (χ2n) is 7.33. The number of halogens is 2. The van der Waals surface area contributed by atoms with E-state index in [9.17, 15) is 13.6 Å². The summed E-state index contributed by atoms with van der Waals surface area (Å²) >= 11 is 0. The number of fused-ring (bicyclic) bond motifs is 1. The molecule has 2 heterocycles. The lowest BCUT2D eigenvalue weighted by Crippen LogP contribution is -2.09. The molecule has 0 aliphatic rings. The second-order valence-corrected chi connectivity index (χ2v) is 7.33. The Balaban J connectivity index is 1.67. The Hall–Kier alpha value is -3.78. The number of nitrogens with two attached hydrogens (primary N) is 1. The first-order valence-electron chi connectivity index (χ1n) is 10.4. The van der Waals surface area contributed by atoms with Crippen molar-refractivity contribution in [2.24, 2.45) is 5.73 Å². The van der Waals surface area contributed by atoms with Crippen molar-refractivity contribution in [1.29, 1.82) is 0 Å². The van der Waals surface area contributed by atoms with Gasteiger partial charge in [-0.15, -0.1) is 0 Å². The molecule has 2 N–H and O–H groups in total. The number of benzene rings is 2. The van der Waals surface area contributed by atoms with Crippen molar-refractivity contribution in [3.05, 3.63) is 83.4 Å². The molecule has 0 bridgehead atoms. The Morgan fingerprint density at radius 3 is 2.76 bits per heavy atom. The molecule has 0 saturated carbocycles. The van der Waals surface area contributed by atoms with E-state index < -0.39 is 17.6 Å². The molecule has 2 aromatic carbocycles. The maximum absolute atomic E-state index is 15.0. The average Bonchev–Trinajstić information content (AvgIpc) is 3.28. The molecule has 0 aliphatic carbocycles. The van der Waals surface area contributed by atoms with Crippen molar-refractivity contribution < 1.29 is 27.5 Å². The number of carbonyl (C=O) groups excluding carboxylic acids is 1. The van der Waals surface area contributed by atoms with Crippen LogP contribution in [-0.2, 0) is 29.1 Å². The summed E-state index contributed by atoms with van der Waals surface area (Å²) in [5, 5.41) is 0.752. The molecule has 33 heavy (non-hydrogen) atoms. The number of hydrogen-bond donors (Lipinski definition) is 1. The Morgan fingerprint density at radius 2 is 1.97 bits per heavy atom. The zero-order valence-corrected chi connectivity index (χ0v) is 17.9. The zero-order chi connectivity index (χ0) is 23.4. The lowest BCUT2D eigenvalue weighted by molar-refractivity contribution is -0.142. The second kappa shape index (κ2) is 9.79. The fourth-order valence-electron chi connectivity index (χ4n) is 3.60. The van der Waals surface area contributed by atoms with Crippen LogP contribution in [0, 0.1) is 11.6 Å². The summed E-state index contributed by atoms with van der Waals surface area (Å²) in [5.41, 5.74) is 8.31. The van der Waals surface area contributed by atoms with Gasteiger partial charge < -0.3 is 19.6 Å². The summed E-state index contributed by atoms with van der Waals surface area (Å²) in [7, 11) is 0. The lowest BCUT2D eigenvalue weighted by atomic mass is 10.00. The Labute approximate surface area is 188 Å². The van der Waals surface area contributed by atoms with Gasteiger partial charge in [0.25, 0.3) is 0 Å². The molecule has 0 atom stereocenters. The van der Waals surface area contributed by atoms with E-state index in [4.69, 9.17) is 19.6 Å². The van der Waals surface area contributed by atoms with Crippen LogP contribution in [0.2, 0.25) is 0 Å². The molecule has 4 aromatic rings. The first kappa shape index (κ1) is 22.4. The minimum atomic E-state index is -0.516. The topological polar surface area (TPSA) is 87.6 Å². The molecule has 0 radical (unpaired) electrons. The minimum Gasteiger partial charge on any atom is -0.488 e. The predicted molar refractivity (Wildman–Crippen MR) is 118 cm³/mol. The standard InChI is InChI=1S/C25H22F2N2O4/c1-2-31-23(30)11-16-3-4-18(26)12-22(16)33-14-15-9-17-6-8-32-25(17)20(10-15)19-5-7-29-21(13-28)24(19)27/h3-10,12H,2,11,13-14,28H2,1H3. The van der Waals surface area contributed by atoms with Crippen molar-refractivity contribution in [3.63, 3.8) is 0 Å². The van der Waals surface area contributed by atoms with E-state index in [-0.39, 0.29) is 37.6 Å². The molecule has 2 aromatic heterocycles. The quantitative estimate of drug-likeness (QED) is 0.382. The van der Waals surface area contributed by atoms with Gasteiger partial charge in [-0.25, -0.2) is 8.78 Å².